The quantitative estimate of drug-likeness (QED) is 0.0590. The number of nitrogens with zero attached hydrogens (tertiary/aromatic N) is 1. The van der Waals surface area contributed by atoms with Crippen molar-refractivity contribution in [3.8, 4) is 17.2 Å². The van der Waals surface area contributed by atoms with Gasteiger partial charge in [0.2, 0.25) is 0 Å². The van der Waals surface area contributed by atoms with Gasteiger partial charge < -0.3 is 14.6 Å². The molecule has 2 heterocycles. The van der Waals surface area contributed by atoms with Crippen molar-refractivity contribution in [2.24, 2.45) is 17.8 Å². The number of amides is 1. The largest absolute Gasteiger partial charge is 0.508 e. The lowest BCUT2D eigenvalue weighted by Crippen LogP contribution is -2.77. The zero-order valence-electron chi connectivity index (χ0n) is 32.4. The number of phenolic OH excluding ortho intramolecular Hbond substituents is 1. The third kappa shape index (κ3) is 7.54. The smallest absolute Gasteiger partial charge is 0.308 e. The van der Waals surface area contributed by atoms with Crippen LogP contribution in [0.25, 0.3) is 0 Å². The second-order valence-electron chi connectivity index (χ2n) is 17.5. The molecule has 2 bridgehead atoms. The highest BCUT2D eigenvalue weighted by Gasteiger charge is 2.69. The van der Waals surface area contributed by atoms with Gasteiger partial charge in [-0.25, -0.2) is 10.0 Å². The van der Waals surface area contributed by atoms with Gasteiger partial charge in [-0.2, -0.15) is 0 Å². The molecule has 7 heteroatoms. The molecular formula is C47H61N2O5+. The van der Waals surface area contributed by atoms with Gasteiger partial charge in [0.1, 0.15) is 31.0 Å². The van der Waals surface area contributed by atoms with Crippen molar-refractivity contribution in [1.29, 1.82) is 0 Å². The Morgan fingerprint density at radius 2 is 1.57 bits per heavy atom. The first-order chi connectivity index (χ1) is 26.4. The lowest BCUT2D eigenvalue weighted by molar-refractivity contribution is -0.995. The third-order valence-electron chi connectivity index (χ3n) is 13.9. The fourth-order valence-corrected chi connectivity index (χ4v) is 11.2. The molecule has 3 fully saturated rings. The second-order valence-corrected chi connectivity index (χ2v) is 17.5. The van der Waals surface area contributed by atoms with Gasteiger partial charge in [-0.3, -0.25) is 9.59 Å². The Kier molecular flexibility index (Phi) is 11.1. The van der Waals surface area contributed by atoms with Crippen LogP contribution in [0.2, 0.25) is 0 Å². The number of carbonyl (C=O) groups excluding carboxylic acids is 2. The predicted octanol–water partition coefficient (Wildman–Crippen LogP) is 9.32. The zero-order chi connectivity index (χ0) is 37.1. The van der Waals surface area contributed by atoms with Crippen molar-refractivity contribution in [3.05, 3.63) is 89.0 Å². The van der Waals surface area contributed by atoms with E-state index in [1.165, 1.54) is 75.8 Å². The summed E-state index contributed by atoms with van der Waals surface area (Å²) < 4.78 is 13.0. The summed E-state index contributed by atoms with van der Waals surface area (Å²) in [6, 6.07) is 23.2. The van der Waals surface area contributed by atoms with Crippen molar-refractivity contribution in [3.63, 3.8) is 0 Å². The number of aryl methyl sites for hydroxylation is 2. The maximum Gasteiger partial charge on any atom is 0.308 e. The molecule has 3 aliphatic carbocycles. The minimum absolute atomic E-state index is 0.00483. The molecule has 5 aliphatic rings. The number of phenols is 1. The Morgan fingerprint density at radius 3 is 2.28 bits per heavy atom. The number of quaternary nitrogens is 1. The maximum atomic E-state index is 14.8. The Bertz CT molecular complexity index is 1780. The topological polar surface area (TPSA) is 84.9 Å². The van der Waals surface area contributed by atoms with Crippen LogP contribution in [0.5, 0.6) is 17.2 Å². The highest BCUT2D eigenvalue weighted by Crippen LogP contribution is 2.66. The summed E-state index contributed by atoms with van der Waals surface area (Å²) in [6.07, 6.45) is 19.6. The zero-order valence-corrected chi connectivity index (χ0v) is 32.4. The second kappa shape index (κ2) is 16.1. The summed E-state index contributed by atoms with van der Waals surface area (Å²) >= 11 is 0. The predicted molar refractivity (Wildman–Crippen MR) is 211 cm³/mol. The van der Waals surface area contributed by atoms with E-state index in [2.05, 4.69) is 66.1 Å². The van der Waals surface area contributed by atoms with Crippen LogP contribution in [0.3, 0.4) is 0 Å². The molecule has 0 radical (unpaired) electrons. The number of hydrogen-bond donors (Lipinski definition) is 2. The van der Waals surface area contributed by atoms with Crippen molar-refractivity contribution >= 4 is 11.9 Å². The number of carbonyl (C=O) groups is 2. The van der Waals surface area contributed by atoms with Crippen LogP contribution in [0.1, 0.15) is 125 Å². The van der Waals surface area contributed by atoms with Gasteiger partial charge in [0, 0.05) is 54.7 Å². The molecule has 288 valence electrons. The lowest BCUT2D eigenvalue weighted by Gasteiger charge is -2.61. The fourth-order valence-electron chi connectivity index (χ4n) is 11.2. The van der Waals surface area contributed by atoms with Gasteiger partial charge >= 0.3 is 5.97 Å². The van der Waals surface area contributed by atoms with Crippen LogP contribution in [-0.2, 0) is 34.3 Å². The lowest BCUT2D eigenvalue weighted by atomic mass is 9.51. The van der Waals surface area contributed by atoms with E-state index < -0.39 is 5.97 Å². The van der Waals surface area contributed by atoms with E-state index in [1.807, 2.05) is 0 Å². The van der Waals surface area contributed by atoms with E-state index in [0.717, 1.165) is 75.6 Å². The number of esters is 1. The standard InChI is InChI=1S/C47H60N2O5/c1-33(50)53-42-31-41(51)38-30-40-39-22-15-23-43-47(39,44(38)45(42)54-43)28-29-49(40,32-36-24-25-36)48-46(52)37(27-26-35-19-12-8-13-20-35)21-14-6-4-2-3-5-9-16-34-17-10-7-11-18-34/h7-8,10-13,17-20,31,36-37,39-40,43H,2-6,9,14-16,21-30,32H2,1H3,(H-,48,51,52)/p+1/t37?,39-,40+,43-,47+,49?/m0/s1. The van der Waals surface area contributed by atoms with Crippen LogP contribution >= 0.6 is 0 Å². The molecule has 1 spiro atoms. The molecule has 1 amide bonds. The Balaban J connectivity index is 0.972. The first-order valence-electron chi connectivity index (χ1n) is 21.4. The number of ether oxygens (including phenoxy) is 2. The summed E-state index contributed by atoms with van der Waals surface area (Å²) in [7, 11) is 0. The molecule has 2 N–H and O–H groups in total. The van der Waals surface area contributed by atoms with E-state index in [0.29, 0.717) is 34.3 Å². The van der Waals surface area contributed by atoms with Crippen molar-refractivity contribution in [2.75, 3.05) is 13.1 Å². The normalized spacial score (nSPS) is 26.7. The summed E-state index contributed by atoms with van der Waals surface area (Å²) in [4.78, 5) is 26.9. The van der Waals surface area contributed by atoms with Crippen LogP contribution < -0.4 is 14.9 Å². The highest BCUT2D eigenvalue weighted by atomic mass is 16.6. The summed E-state index contributed by atoms with van der Waals surface area (Å²) in [5.41, 5.74) is 8.40. The first-order valence-corrected chi connectivity index (χ1v) is 21.4. The summed E-state index contributed by atoms with van der Waals surface area (Å²) in [5.74, 6) is 1.96. The van der Waals surface area contributed by atoms with Gasteiger partial charge in [0.25, 0.3) is 5.91 Å². The van der Waals surface area contributed by atoms with E-state index >= 15 is 0 Å². The SMILES string of the molecule is CC(=O)Oc1cc(O)c2c3c1O[C@H]1CCC[C@H]4[C@@H](C2)[N+](CC2CC2)(NC(=O)C(CCCCCCCCCc2ccccc2)CCc2ccccc2)CC[C@]314. The van der Waals surface area contributed by atoms with Gasteiger partial charge in [0.15, 0.2) is 11.5 Å². The van der Waals surface area contributed by atoms with E-state index in [4.69, 9.17) is 9.47 Å². The van der Waals surface area contributed by atoms with Gasteiger partial charge in [-0.05, 0) is 75.3 Å². The molecule has 2 saturated carbocycles. The number of unbranched alkanes of at least 4 members (excludes halogenated alkanes) is 6. The van der Waals surface area contributed by atoms with Gasteiger partial charge in [-0.1, -0.05) is 99.2 Å². The van der Waals surface area contributed by atoms with Crippen LogP contribution in [0, 0.1) is 17.8 Å². The molecule has 6 atom stereocenters. The number of benzene rings is 3. The van der Waals surface area contributed by atoms with Crippen molar-refractivity contribution in [2.45, 2.75) is 140 Å². The number of piperidine rings is 1. The van der Waals surface area contributed by atoms with Crippen LogP contribution in [0.4, 0.5) is 0 Å². The van der Waals surface area contributed by atoms with Gasteiger partial charge in [-0.15, -0.1) is 0 Å². The average Bonchev–Trinajstić information content (AvgIpc) is 3.92. The molecule has 3 aromatic carbocycles. The third-order valence-corrected chi connectivity index (χ3v) is 13.9. The molecule has 2 unspecified atom stereocenters. The molecule has 3 aromatic rings. The Labute approximate surface area is 322 Å². The molecule has 0 aromatic heterocycles. The first kappa shape index (κ1) is 37.1. The number of rotatable bonds is 18. The molecule has 8 rings (SSSR count). The molecule has 1 saturated heterocycles. The van der Waals surface area contributed by atoms with Gasteiger partial charge in [0.05, 0.1) is 5.41 Å². The highest BCUT2D eigenvalue weighted by molar-refractivity contribution is 5.77. The number of aromatic hydroxyl groups is 1. The number of nitrogens with one attached hydrogen (secondary N) is 1. The fraction of sp³-hybridized carbons (Fsp3) is 0.574. The minimum Gasteiger partial charge on any atom is -0.508 e. The molecule has 54 heavy (non-hydrogen) atoms. The maximum absolute atomic E-state index is 14.8. The number of hydrogen-bond acceptors (Lipinski definition) is 5. The van der Waals surface area contributed by atoms with E-state index in [9.17, 15) is 14.7 Å². The monoisotopic (exact) mass is 733 g/mol. The van der Waals surface area contributed by atoms with E-state index in [1.54, 1.807) is 6.07 Å². The molecular weight excluding hydrogens is 673 g/mol. The average molecular weight is 734 g/mol. The molecule has 2 aliphatic heterocycles. The van der Waals surface area contributed by atoms with Crippen molar-refractivity contribution < 1.29 is 28.8 Å². The summed E-state index contributed by atoms with van der Waals surface area (Å²) in [6.45, 7) is 3.24. The Morgan fingerprint density at radius 1 is 0.889 bits per heavy atom. The van der Waals surface area contributed by atoms with Crippen LogP contribution in [0.15, 0.2) is 66.7 Å². The molecule has 7 nitrogen and oxygen atoms in total. The van der Waals surface area contributed by atoms with E-state index in [-0.39, 0.29) is 35.1 Å². The van der Waals surface area contributed by atoms with Crippen molar-refractivity contribution in [1.82, 2.24) is 5.43 Å². The Hall–Kier alpha value is -3.84. The van der Waals surface area contributed by atoms with Crippen LogP contribution in [-0.4, -0.2) is 46.8 Å². The summed E-state index contributed by atoms with van der Waals surface area (Å²) in [5, 5.41) is 11.6. The minimum atomic E-state index is -0.408. The number of likely N-dealkylation sites (tertiary alicyclic amines) is 1.